The molecule has 0 aromatic carbocycles. The summed E-state index contributed by atoms with van der Waals surface area (Å²) in [5.41, 5.74) is 7.58. The highest BCUT2D eigenvalue weighted by atomic mass is 16.3. The van der Waals surface area contributed by atoms with E-state index < -0.39 is 5.54 Å². The predicted molar refractivity (Wildman–Crippen MR) is 67.9 cm³/mol. The number of aliphatic hydroxyl groups excluding tert-OH is 1. The molecular weight excluding hydrogens is 232 g/mol. The van der Waals surface area contributed by atoms with Gasteiger partial charge in [0, 0.05) is 0 Å². The number of nitrogens with one attached hydrogen (secondary N) is 1. The van der Waals surface area contributed by atoms with E-state index in [-0.39, 0.29) is 19.1 Å². The molecule has 100 valence electrons. The van der Waals surface area contributed by atoms with Gasteiger partial charge in [-0.1, -0.05) is 0 Å². The number of aromatic nitrogens is 2. The average molecular weight is 252 g/mol. The molecule has 1 aliphatic carbocycles. The molecular formula is C12H20N4O2. The maximum atomic E-state index is 11.9. The highest BCUT2D eigenvalue weighted by Gasteiger charge is 2.37. The van der Waals surface area contributed by atoms with Gasteiger partial charge in [-0.15, -0.1) is 0 Å². The van der Waals surface area contributed by atoms with Crippen LogP contribution in [0.3, 0.4) is 0 Å². The molecule has 0 unspecified atom stereocenters. The minimum absolute atomic E-state index is 0.00199. The van der Waals surface area contributed by atoms with Crippen LogP contribution in [0.4, 0.5) is 5.69 Å². The molecule has 1 aromatic heterocycles. The van der Waals surface area contributed by atoms with Gasteiger partial charge < -0.3 is 16.2 Å². The Hall–Kier alpha value is -1.56. The molecule has 0 bridgehead atoms. The lowest BCUT2D eigenvalue weighted by Crippen LogP contribution is -2.56. The summed E-state index contributed by atoms with van der Waals surface area (Å²) in [6.07, 6.45) is 2.73. The number of aliphatic hydroxyl groups is 1. The second-order valence-corrected chi connectivity index (χ2v) is 5.08. The summed E-state index contributed by atoms with van der Waals surface area (Å²) in [6, 6.07) is 0. The predicted octanol–water partition coefficient (Wildman–Crippen LogP) is 0.113. The fourth-order valence-electron chi connectivity index (χ4n) is 2.26. The van der Waals surface area contributed by atoms with Crippen LogP contribution in [0.1, 0.15) is 30.7 Å². The molecule has 6 heteroatoms. The van der Waals surface area contributed by atoms with Gasteiger partial charge in [0.25, 0.3) is 0 Å². The number of rotatable bonds is 4. The van der Waals surface area contributed by atoms with Crippen molar-refractivity contribution < 1.29 is 9.90 Å². The number of amides is 1. The maximum absolute atomic E-state index is 11.9. The number of hydrogen-bond acceptors (Lipinski definition) is 4. The number of nitrogens with zero attached hydrogens (tertiary/aromatic N) is 2. The number of anilines is 1. The first-order valence-electron chi connectivity index (χ1n) is 6.19. The van der Waals surface area contributed by atoms with E-state index >= 15 is 0 Å². The van der Waals surface area contributed by atoms with Crippen LogP contribution in [-0.4, -0.2) is 32.9 Å². The van der Waals surface area contributed by atoms with Gasteiger partial charge in [-0.25, -0.2) is 0 Å². The summed E-state index contributed by atoms with van der Waals surface area (Å²) in [4.78, 5) is 11.9. The average Bonchev–Trinajstić information content (AvgIpc) is 2.52. The normalized spacial score (nSPS) is 17.3. The van der Waals surface area contributed by atoms with Crippen LogP contribution < -0.4 is 11.1 Å². The summed E-state index contributed by atoms with van der Waals surface area (Å²) >= 11 is 0. The molecule has 1 aromatic rings. The van der Waals surface area contributed by atoms with E-state index in [1.807, 2.05) is 13.8 Å². The van der Waals surface area contributed by atoms with E-state index in [0.29, 0.717) is 5.69 Å². The molecule has 18 heavy (non-hydrogen) atoms. The first-order valence-corrected chi connectivity index (χ1v) is 6.19. The Kier molecular flexibility index (Phi) is 3.30. The quantitative estimate of drug-likeness (QED) is 0.709. The Morgan fingerprint density at radius 1 is 1.56 bits per heavy atom. The zero-order chi connectivity index (χ0) is 13.3. The van der Waals surface area contributed by atoms with E-state index in [9.17, 15) is 9.90 Å². The van der Waals surface area contributed by atoms with Crippen molar-refractivity contribution in [1.29, 1.82) is 0 Å². The summed E-state index contributed by atoms with van der Waals surface area (Å²) in [7, 11) is 0. The molecule has 1 fully saturated rings. The summed E-state index contributed by atoms with van der Waals surface area (Å²) in [6.45, 7) is 3.80. The van der Waals surface area contributed by atoms with Crippen LogP contribution in [0, 0.1) is 13.8 Å². The van der Waals surface area contributed by atoms with Gasteiger partial charge in [0.2, 0.25) is 5.91 Å². The number of aryl methyl sites for hydroxylation is 1. The van der Waals surface area contributed by atoms with E-state index in [1.54, 1.807) is 4.68 Å². The lowest BCUT2D eigenvalue weighted by atomic mass is 9.77. The highest BCUT2D eigenvalue weighted by Crippen LogP contribution is 2.31. The number of hydrogen-bond donors (Lipinski definition) is 3. The van der Waals surface area contributed by atoms with Crippen molar-refractivity contribution in [3.05, 3.63) is 11.4 Å². The zero-order valence-corrected chi connectivity index (χ0v) is 10.9. The molecule has 1 amide bonds. The highest BCUT2D eigenvalue weighted by molar-refractivity contribution is 5.77. The van der Waals surface area contributed by atoms with Crippen molar-refractivity contribution >= 4 is 11.6 Å². The number of nitrogen functional groups attached to an aromatic ring is 1. The van der Waals surface area contributed by atoms with Crippen molar-refractivity contribution in [3.8, 4) is 0 Å². The SMILES string of the molecule is Cc1nn(CC(=O)NC2(CO)CCC2)c(C)c1N. The second-order valence-electron chi connectivity index (χ2n) is 5.08. The van der Waals surface area contributed by atoms with E-state index in [0.717, 1.165) is 30.7 Å². The third-order valence-electron chi connectivity index (χ3n) is 3.75. The smallest absolute Gasteiger partial charge is 0.242 e. The first kappa shape index (κ1) is 12.9. The Labute approximate surface area is 106 Å². The molecule has 2 rings (SSSR count). The van der Waals surface area contributed by atoms with Crippen LogP contribution >= 0.6 is 0 Å². The molecule has 0 radical (unpaired) electrons. The number of carbonyl (C=O) groups is 1. The molecule has 1 heterocycles. The van der Waals surface area contributed by atoms with Gasteiger partial charge in [0.1, 0.15) is 6.54 Å². The van der Waals surface area contributed by atoms with E-state index in [2.05, 4.69) is 10.4 Å². The van der Waals surface area contributed by atoms with Crippen molar-refractivity contribution in [1.82, 2.24) is 15.1 Å². The van der Waals surface area contributed by atoms with Crippen molar-refractivity contribution in [2.24, 2.45) is 0 Å². The van der Waals surface area contributed by atoms with Crippen molar-refractivity contribution in [3.63, 3.8) is 0 Å². The lowest BCUT2D eigenvalue weighted by molar-refractivity contribution is -0.125. The van der Waals surface area contributed by atoms with Crippen LogP contribution in [0.25, 0.3) is 0 Å². The molecule has 1 aliphatic rings. The molecule has 0 spiro atoms. The van der Waals surface area contributed by atoms with Gasteiger partial charge >= 0.3 is 0 Å². The van der Waals surface area contributed by atoms with Crippen molar-refractivity contribution in [2.75, 3.05) is 12.3 Å². The Morgan fingerprint density at radius 2 is 2.22 bits per heavy atom. The summed E-state index contributed by atoms with van der Waals surface area (Å²) < 4.78 is 1.60. The van der Waals surface area contributed by atoms with E-state index in [4.69, 9.17) is 5.73 Å². The molecule has 4 N–H and O–H groups in total. The zero-order valence-electron chi connectivity index (χ0n) is 10.9. The van der Waals surface area contributed by atoms with Gasteiger partial charge in [0.15, 0.2) is 0 Å². The van der Waals surface area contributed by atoms with Crippen LogP contribution in [-0.2, 0) is 11.3 Å². The second kappa shape index (κ2) is 4.61. The summed E-state index contributed by atoms with van der Waals surface area (Å²) in [5, 5.41) is 16.4. The Balaban J connectivity index is 2.01. The molecule has 1 saturated carbocycles. The van der Waals surface area contributed by atoms with Gasteiger partial charge in [0.05, 0.1) is 29.2 Å². The molecule has 6 nitrogen and oxygen atoms in total. The van der Waals surface area contributed by atoms with Gasteiger partial charge in [-0.2, -0.15) is 5.10 Å². The minimum atomic E-state index is -0.404. The fraction of sp³-hybridized carbons (Fsp3) is 0.667. The van der Waals surface area contributed by atoms with Crippen LogP contribution in [0.5, 0.6) is 0 Å². The Bertz CT molecular complexity index is 457. The monoisotopic (exact) mass is 252 g/mol. The largest absolute Gasteiger partial charge is 0.396 e. The van der Waals surface area contributed by atoms with Gasteiger partial charge in [-0.3, -0.25) is 9.48 Å². The number of carbonyl (C=O) groups excluding carboxylic acids is 1. The van der Waals surface area contributed by atoms with Crippen LogP contribution in [0.2, 0.25) is 0 Å². The third-order valence-corrected chi connectivity index (χ3v) is 3.75. The van der Waals surface area contributed by atoms with Gasteiger partial charge in [-0.05, 0) is 33.1 Å². The molecule has 0 atom stereocenters. The Morgan fingerprint density at radius 3 is 2.61 bits per heavy atom. The lowest BCUT2D eigenvalue weighted by Gasteiger charge is -2.40. The summed E-state index contributed by atoms with van der Waals surface area (Å²) in [5.74, 6) is -0.130. The molecule has 0 saturated heterocycles. The van der Waals surface area contributed by atoms with E-state index in [1.165, 1.54) is 0 Å². The first-order chi connectivity index (χ1) is 8.47. The number of nitrogens with two attached hydrogens (primary N) is 1. The maximum Gasteiger partial charge on any atom is 0.242 e. The third kappa shape index (κ3) is 2.20. The van der Waals surface area contributed by atoms with Crippen LogP contribution in [0.15, 0.2) is 0 Å². The topological polar surface area (TPSA) is 93.2 Å². The minimum Gasteiger partial charge on any atom is -0.396 e. The molecule has 0 aliphatic heterocycles. The van der Waals surface area contributed by atoms with Crippen molar-refractivity contribution in [2.45, 2.75) is 45.2 Å². The standard InChI is InChI=1S/C12H20N4O2/c1-8-11(13)9(2)16(15-8)6-10(18)14-12(7-17)4-3-5-12/h17H,3-7,13H2,1-2H3,(H,14,18). The fourth-order valence-corrected chi connectivity index (χ4v) is 2.26.